The topological polar surface area (TPSA) is 57.6 Å². The number of hydrogen-bond donors (Lipinski definition) is 1. The lowest BCUT2D eigenvalue weighted by molar-refractivity contribution is -0.147. The van der Waals surface area contributed by atoms with Crippen molar-refractivity contribution in [2.24, 2.45) is 0 Å². The van der Waals surface area contributed by atoms with Crippen molar-refractivity contribution in [1.82, 2.24) is 4.90 Å². The molecule has 64 valence electrons. The molecule has 0 aliphatic carbocycles. The molecule has 1 N–H and O–H groups in total. The lowest BCUT2D eigenvalue weighted by Gasteiger charge is -2.20. The third-order valence-electron chi connectivity index (χ3n) is 1.40. The average molecular weight is 180 g/mol. The van der Waals surface area contributed by atoms with Crippen LogP contribution >= 0.6 is 11.6 Å². The van der Waals surface area contributed by atoms with E-state index in [-0.39, 0.29) is 11.8 Å². The van der Waals surface area contributed by atoms with Gasteiger partial charge in [-0.05, 0) is 0 Å². The van der Waals surface area contributed by atoms with E-state index in [1.165, 1.54) is 14.0 Å². The molecule has 0 fully saturated rings. The Labute approximate surface area is 69.7 Å². The van der Waals surface area contributed by atoms with Crippen LogP contribution in [0.15, 0.2) is 0 Å². The number of carbonyl (C=O) groups is 2. The second kappa shape index (κ2) is 4.18. The van der Waals surface area contributed by atoms with E-state index in [1.807, 2.05) is 0 Å². The summed E-state index contributed by atoms with van der Waals surface area (Å²) in [6.45, 7) is 1.29. The third-order valence-corrected chi connectivity index (χ3v) is 1.69. The zero-order valence-corrected chi connectivity index (χ0v) is 7.13. The van der Waals surface area contributed by atoms with Gasteiger partial charge in [0.15, 0.2) is 0 Å². The molecule has 4 nitrogen and oxygen atoms in total. The van der Waals surface area contributed by atoms with Gasteiger partial charge in [-0.15, -0.1) is 11.6 Å². The van der Waals surface area contributed by atoms with Crippen LogP contribution in [0.1, 0.15) is 6.92 Å². The molecule has 1 atom stereocenters. The molecule has 5 heteroatoms. The summed E-state index contributed by atoms with van der Waals surface area (Å²) in [6.07, 6.45) is 0. The summed E-state index contributed by atoms with van der Waals surface area (Å²) in [7, 11) is 1.41. The number of carboxylic acid groups (broad SMARTS) is 1. The van der Waals surface area contributed by atoms with Crippen molar-refractivity contribution >= 4 is 23.5 Å². The van der Waals surface area contributed by atoms with Crippen LogP contribution in [0.4, 0.5) is 0 Å². The molecule has 0 aliphatic rings. The molecule has 0 radical (unpaired) electrons. The standard InChI is InChI=1S/C6H10ClNO3/c1-4(9)8(2)5(3-7)6(10)11/h5H,3H2,1-2H3,(H,10,11). The average Bonchev–Trinajstić information content (AvgIpc) is 1.88. The quantitative estimate of drug-likeness (QED) is 0.628. The molecule has 0 saturated carbocycles. The van der Waals surface area contributed by atoms with Gasteiger partial charge >= 0.3 is 5.97 Å². The Bertz CT molecular complexity index is 171. The van der Waals surface area contributed by atoms with Crippen molar-refractivity contribution in [3.8, 4) is 0 Å². The van der Waals surface area contributed by atoms with Crippen LogP contribution in [0.3, 0.4) is 0 Å². The van der Waals surface area contributed by atoms with E-state index in [1.54, 1.807) is 0 Å². The van der Waals surface area contributed by atoms with Crippen LogP contribution in [0, 0.1) is 0 Å². The number of halogens is 1. The molecule has 0 bridgehead atoms. The monoisotopic (exact) mass is 179 g/mol. The predicted octanol–water partition coefficient (Wildman–Crippen LogP) is 0.157. The van der Waals surface area contributed by atoms with Gasteiger partial charge in [0.25, 0.3) is 0 Å². The zero-order valence-electron chi connectivity index (χ0n) is 6.37. The molecule has 0 aromatic heterocycles. The van der Waals surface area contributed by atoms with E-state index < -0.39 is 12.0 Å². The summed E-state index contributed by atoms with van der Waals surface area (Å²) < 4.78 is 0. The lowest BCUT2D eigenvalue weighted by Crippen LogP contribution is -2.42. The molecule has 0 rings (SSSR count). The van der Waals surface area contributed by atoms with E-state index in [2.05, 4.69) is 0 Å². The predicted molar refractivity (Wildman–Crippen MR) is 40.6 cm³/mol. The Morgan fingerprint density at radius 2 is 2.09 bits per heavy atom. The number of carboxylic acids is 1. The number of alkyl halides is 1. The maximum absolute atomic E-state index is 10.7. The van der Waals surface area contributed by atoms with Crippen molar-refractivity contribution in [2.75, 3.05) is 12.9 Å². The summed E-state index contributed by atoms with van der Waals surface area (Å²) in [4.78, 5) is 22.1. The minimum atomic E-state index is -1.09. The fourth-order valence-corrected chi connectivity index (χ4v) is 0.894. The normalized spacial score (nSPS) is 12.3. The first-order valence-electron chi connectivity index (χ1n) is 3.03. The Kier molecular flexibility index (Phi) is 3.89. The SMILES string of the molecule is CC(=O)N(C)C(CCl)C(=O)O. The first kappa shape index (κ1) is 10.2. The van der Waals surface area contributed by atoms with Gasteiger partial charge in [0.2, 0.25) is 5.91 Å². The Balaban J connectivity index is 4.25. The summed E-state index contributed by atoms with van der Waals surface area (Å²) in [5.41, 5.74) is 0. The fourth-order valence-electron chi connectivity index (χ4n) is 0.555. The van der Waals surface area contributed by atoms with E-state index in [9.17, 15) is 9.59 Å². The van der Waals surface area contributed by atoms with E-state index in [0.29, 0.717) is 0 Å². The molecular formula is C6H10ClNO3. The summed E-state index contributed by atoms with van der Waals surface area (Å²) in [6, 6.07) is -0.922. The fraction of sp³-hybridized carbons (Fsp3) is 0.667. The maximum Gasteiger partial charge on any atom is 0.327 e. The number of amides is 1. The summed E-state index contributed by atoms with van der Waals surface area (Å²) >= 11 is 5.33. The van der Waals surface area contributed by atoms with Crippen LogP contribution in [-0.2, 0) is 9.59 Å². The summed E-state index contributed by atoms with van der Waals surface area (Å²) in [5, 5.41) is 8.51. The smallest absolute Gasteiger partial charge is 0.327 e. The highest BCUT2D eigenvalue weighted by molar-refractivity contribution is 6.19. The van der Waals surface area contributed by atoms with E-state index >= 15 is 0 Å². The van der Waals surface area contributed by atoms with Gasteiger partial charge in [0.05, 0.1) is 5.88 Å². The zero-order chi connectivity index (χ0) is 9.02. The number of hydrogen-bond acceptors (Lipinski definition) is 2. The van der Waals surface area contributed by atoms with Gasteiger partial charge in [-0.3, -0.25) is 4.79 Å². The van der Waals surface area contributed by atoms with Crippen molar-refractivity contribution < 1.29 is 14.7 Å². The molecule has 0 saturated heterocycles. The van der Waals surface area contributed by atoms with Crippen LogP contribution in [0.5, 0.6) is 0 Å². The number of carbonyl (C=O) groups excluding carboxylic acids is 1. The highest BCUT2D eigenvalue weighted by Crippen LogP contribution is 1.99. The van der Waals surface area contributed by atoms with Gasteiger partial charge < -0.3 is 10.0 Å². The van der Waals surface area contributed by atoms with Crippen LogP contribution in [0.2, 0.25) is 0 Å². The highest BCUT2D eigenvalue weighted by atomic mass is 35.5. The van der Waals surface area contributed by atoms with Gasteiger partial charge in [-0.25, -0.2) is 4.79 Å². The lowest BCUT2D eigenvalue weighted by atomic mass is 10.3. The number of aliphatic carboxylic acids is 1. The Morgan fingerprint density at radius 1 is 1.64 bits per heavy atom. The van der Waals surface area contributed by atoms with Crippen molar-refractivity contribution in [2.45, 2.75) is 13.0 Å². The second-order valence-electron chi connectivity index (χ2n) is 2.14. The number of likely N-dealkylation sites (N-methyl/N-ethyl adjacent to an activating group) is 1. The molecule has 1 unspecified atom stereocenters. The molecule has 11 heavy (non-hydrogen) atoms. The van der Waals surface area contributed by atoms with Crippen LogP contribution in [-0.4, -0.2) is 40.9 Å². The second-order valence-corrected chi connectivity index (χ2v) is 2.45. The highest BCUT2D eigenvalue weighted by Gasteiger charge is 2.22. The number of rotatable bonds is 3. The molecule has 0 spiro atoms. The molecular weight excluding hydrogens is 170 g/mol. The first-order valence-corrected chi connectivity index (χ1v) is 3.56. The molecule has 0 aliphatic heterocycles. The maximum atomic E-state index is 10.7. The largest absolute Gasteiger partial charge is 0.480 e. The van der Waals surface area contributed by atoms with Crippen molar-refractivity contribution in [3.63, 3.8) is 0 Å². The van der Waals surface area contributed by atoms with Gasteiger partial charge in [-0.1, -0.05) is 0 Å². The third kappa shape index (κ3) is 2.76. The molecule has 0 heterocycles. The Hall–Kier alpha value is -0.770. The Morgan fingerprint density at radius 3 is 2.18 bits per heavy atom. The summed E-state index contributed by atoms with van der Waals surface area (Å²) in [5.74, 6) is -1.48. The van der Waals surface area contributed by atoms with Gasteiger partial charge in [0.1, 0.15) is 6.04 Å². The van der Waals surface area contributed by atoms with Gasteiger partial charge in [0, 0.05) is 14.0 Å². The minimum Gasteiger partial charge on any atom is -0.480 e. The molecule has 0 aromatic carbocycles. The van der Waals surface area contributed by atoms with Crippen molar-refractivity contribution in [3.05, 3.63) is 0 Å². The van der Waals surface area contributed by atoms with E-state index in [0.717, 1.165) is 4.90 Å². The van der Waals surface area contributed by atoms with Crippen LogP contribution in [0.25, 0.3) is 0 Å². The van der Waals surface area contributed by atoms with Crippen LogP contribution < -0.4 is 0 Å². The first-order chi connectivity index (χ1) is 5.00. The number of nitrogens with zero attached hydrogens (tertiary/aromatic N) is 1. The minimum absolute atomic E-state index is 0.0919. The van der Waals surface area contributed by atoms with E-state index in [4.69, 9.17) is 16.7 Å². The van der Waals surface area contributed by atoms with Crippen molar-refractivity contribution in [1.29, 1.82) is 0 Å². The molecule has 0 aromatic rings. The van der Waals surface area contributed by atoms with Gasteiger partial charge in [-0.2, -0.15) is 0 Å². The molecule has 1 amide bonds.